The standard InChI is InChI=1S/C17H22N2O4S/c18-24(21,22)17-15-6-2-1-4-13(15)12-14(16(17)20)5-3-7-19-8-10-23-11-9-19/h1-2,4,6,12,20H,3,5,7-11H2,(H2,18,21,22). The largest absolute Gasteiger partial charge is 0.506 e. The zero-order chi connectivity index (χ0) is 17.2. The molecule has 1 saturated heterocycles. The highest BCUT2D eigenvalue weighted by atomic mass is 32.2. The number of ether oxygens (including phenoxy) is 1. The van der Waals surface area contributed by atoms with Gasteiger partial charge in [-0.2, -0.15) is 0 Å². The Morgan fingerprint density at radius 1 is 1.21 bits per heavy atom. The highest BCUT2D eigenvalue weighted by Gasteiger charge is 2.21. The molecule has 0 unspecified atom stereocenters. The summed E-state index contributed by atoms with van der Waals surface area (Å²) in [5.74, 6) is -0.224. The Morgan fingerprint density at radius 3 is 2.62 bits per heavy atom. The maximum absolute atomic E-state index is 11.9. The molecule has 2 aromatic carbocycles. The first-order valence-corrected chi connectivity index (χ1v) is 9.58. The van der Waals surface area contributed by atoms with Crippen LogP contribution in [-0.4, -0.2) is 51.3 Å². The predicted octanol–water partition coefficient (Wildman–Crippen LogP) is 1.46. The van der Waals surface area contributed by atoms with Crippen molar-refractivity contribution < 1.29 is 18.3 Å². The van der Waals surface area contributed by atoms with Gasteiger partial charge in [-0.3, -0.25) is 4.90 Å². The quantitative estimate of drug-likeness (QED) is 0.851. The first-order valence-electron chi connectivity index (χ1n) is 8.03. The molecule has 0 radical (unpaired) electrons. The molecule has 1 aliphatic rings. The molecular weight excluding hydrogens is 328 g/mol. The lowest BCUT2D eigenvalue weighted by Gasteiger charge is -2.26. The molecule has 0 amide bonds. The van der Waals surface area contributed by atoms with Gasteiger partial charge in [-0.15, -0.1) is 0 Å². The molecular formula is C17H22N2O4S. The fourth-order valence-corrected chi connectivity index (χ4v) is 4.05. The number of primary sulfonamides is 1. The summed E-state index contributed by atoms with van der Waals surface area (Å²) in [6, 6.07) is 8.90. The fourth-order valence-electron chi connectivity index (χ4n) is 3.16. The Morgan fingerprint density at radius 2 is 1.92 bits per heavy atom. The number of benzene rings is 2. The van der Waals surface area contributed by atoms with Crippen LogP contribution in [0.5, 0.6) is 5.75 Å². The smallest absolute Gasteiger partial charge is 0.242 e. The van der Waals surface area contributed by atoms with Crippen LogP contribution in [0.4, 0.5) is 0 Å². The lowest BCUT2D eigenvalue weighted by molar-refractivity contribution is 0.0374. The second-order valence-electron chi connectivity index (χ2n) is 6.04. The van der Waals surface area contributed by atoms with Crippen molar-refractivity contribution in [2.24, 2.45) is 5.14 Å². The Balaban J connectivity index is 1.86. The van der Waals surface area contributed by atoms with Gasteiger partial charge in [0.05, 0.1) is 13.2 Å². The van der Waals surface area contributed by atoms with Gasteiger partial charge in [-0.25, -0.2) is 13.6 Å². The van der Waals surface area contributed by atoms with Gasteiger partial charge in [0.15, 0.2) is 0 Å². The number of nitrogens with two attached hydrogens (primary N) is 1. The number of phenols is 1. The van der Waals surface area contributed by atoms with Crippen LogP contribution in [0.1, 0.15) is 12.0 Å². The van der Waals surface area contributed by atoms with E-state index in [1.165, 1.54) is 0 Å². The molecule has 130 valence electrons. The van der Waals surface area contributed by atoms with Crippen LogP contribution >= 0.6 is 0 Å². The molecule has 3 N–H and O–H groups in total. The van der Waals surface area contributed by atoms with E-state index in [9.17, 15) is 13.5 Å². The first kappa shape index (κ1) is 17.2. The van der Waals surface area contributed by atoms with Crippen molar-refractivity contribution in [1.82, 2.24) is 4.90 Å². The average molecular weight is 350 g/mol. The summed E-state index contributed by atoms with van der Waals surface area (Å²) < 4.78 is 29.2. The van der Waals surface area contributed by atoms with Crippen LogP contribution in [0.3, 0.4) is 0 Å². The van der Waals surface area contributed by atoms with E-state index >= 15 is 0 Å². The molecule has 0 bridgehead atoms. The van der Waals surface area contributed by atoms with Crippen LogP contribution in [0.15, 0.2) is 35.2 Å². The number of phenolic OH excluding ortho intramolecular Hbond substituents is 1. The van der Waals surface area contributed by atoms with Crippen molar-refractivity contribution in [2.45, 2.75) is 17.7 Å². The number of aryl methyl sites for hydroxylation is 1. The number of fused-ring (bicyclic) bond motifs is 1. The Hall–Kier alpha value is -1.67. The van der Waals surface area contributed by atoms with E-state index in [-0.39, 0.29) is 10.6 Å². The monoisotopic (exact) mass is 350 g/mol. The normalized spacial score (nSPS) is 16.5. The predicted molar refractivity (Wildman–Crippen MR) is 92.6 cm³/mol. The third-order valence-corrected chi connectivity index (χ3v) is 5.35. The summed E-state index contributed by atoms with van der Waals surface area (Å²) >= 11 is 0. The van der Waals surface area contributed by atoms with E-state index in [4.69, 9.17) is 9.88 Å². The molecule has 0 atom stereocenters. The van der Waals surface area contributed by atoms with E-state index < -0.39 is 10.0 Å². The van der Waals surface area contributed by atoms with Gasteiger partial charge in [0.25, 0.3) is 0 Å². The molecule has 1 fully saturated rings. The second-order valence-corrected chi connectivity index (χ2v) is 7.54. The van der Waals surface area contributed by atoms with Crippen LogP contribution in [0.25, 0.3) is 10.8 Å². The molecule has 24 heavy (non-hydrogen) atoms. The SMILES string of the molecule is NS(=O)(=O)c1c(O)c(CCCN2CCOCC2)cc2ccccc12. The molecule has 3 rings (SSSR count). The number of nitrogens with zero attached hydrogens (tertiary/aromatic N) is 1. The minimum atomic E-state index is -4.01. The van der Waals surface area contributed by atoms with Crippen molar-refractivity contribution >= 4 is 20.8 Å². The average Bonchev–Trinajstić information content (AvgIpc) is 2.55. The molecule has 7 heteroatoms. The Kier molecular flexibility index (Phi) is 5.05. The summed E-state index contributed by atoms with van der Waals surface area (Å²) in [6.45, 7) is 4.20. The summed E-state index contributed by atoms with van der Waals surface area (Å²) in [5.41, 5.74) is 0.617. The summed E-state index contributed by atoms with van der Waals surface area (Å²) in [6.07, 6.45) is 1.42. The van der Waals surface area contributed by atoms with Crippen molar-refractivity contribution in [3.05, 3.63) is 35.9 Å². The third kappa shape index (κ3) is 3.70. The van der Waals surface area contributed by atoms with Crippen molar-refractivity contribution in [3.8, 4) is 5.75 Å². The van der Waals surface area contributed by atoms with Gasteiger partial charge in [0.1, 0.15) is 10.6 Å². The van der Waals surface area contributed by atoms with Crippen LogP contribution in [0.2, 0.25) is 0 Å². The number of morpholine rings is 1. The van der Waals surface area contributed by atoms with Crippen molar-refractivity contribution in [2.75, 3.05) is 32.8 Å². The summed E-state index contributed by atoms with van der Waals surface area (Å²) in [7, 11) is -4.01. The molecule has 6 nitrogen and oxygen atoms in total. The van der Waals surface area contributed by atoms with Gasteiger partial charge in [-0.1, -0.05) is 24.3 Å². The van der Waals surface area contributed by atoms with E-state index in [1.54, 1.807) is 12.1 Å². The summed E-state index contributed by atoms with van der Waals surface area (Å²) in [5, 5.41) is 17.0. The number of hydrogen-bond donors (Lipinski definition) is 2. The highest BCUT2D eigenvalue weighted by molar-refractivity contribution is 7.89. The minimum Gasteiger partial charge on any atom is -0.506 e. The molecule has 0 aliphatic carbocycles. The van der Waals surface area contributed by atoms with E-state index in [0.29, 0.717) is 17.4 Å². The number of sulfonamides is 1. The third-order valence-electron chi connectivity index (χ3n) is 4.36. The Bertz CT molecular complexity index is 830. The van der Waals surface area contributed by atoms with Crippen LogP contribution in [0, 0.1) is 0 Å². The first-order chi connectivity index (χ1) is 11.5. The zero-order valence-corrected chi connectivity index (χ0v) is 14.3. The summed E-state index contributed by atoms with van der Waals surface area (Å²) in [4.78, 5) is 2.13. The van der Waals surface area contributed by atoms with Gasteiger partial charge in [0.2, 0.25) is 10.0 Å². The highest BCUT2D eigenvalue weighted by Crippen LogP contribution is 2.34. The zero-order valence-electron chi connectivity index (χ0n) is 13.4. The molecule has 0 aromatic heterocycles. The van der Waals surface area contributed by atoms with Crippen molar-refractivity contribution in [3.63, 3.8) is 0 Å². The number of hydrogen-bond acceptors (Lipinski definition) is 5. The molecule has 0 saturated carbocycles. The maximum Gasteiger partial charge on any atom is 0.242 e. The molecule has 0 spiro atoms. The van der Waals surface area contributed by atoms with Gasteiger partial charge in [-0.05, 0) is 36.4 Å². The van der Waals surface area contributed by atoms with Crippen molar-refractivity contribution in [1.29, 1.82) is 0 Å². The molecule has 1 aliphatic heterocycles. The van der Waals surface area contributed by atoms with E-state index in [0.717, 1.165) is 44.7 Å². The maximum atomic E-state index is 11.9. The van der Waals surface area contributed by atoms with Gasteiger partial charge in [0, 0.05) is 18.5 Å². The van der Waals surface area contributed by atoms with Crippen LogP contribution < -0.4 is 5.14 Å². The van der Waals surface area contributed by atoms with Crippen LogP contribution in [-0.2, 0) is 21.2 Å². The molecule has 1 heterocycles. The number of aromatic hydroxyl groups is 1. The van der Waals surface area contributed by atoms with Gasteiger partial charge < -0.3 is 9.84 Å². The van der Waals surface area contributed by atoms with E-state index in [1.807, 2.05) is 18.2 Å². The Labute approximate surface area is 141 Å². The van der Waals surface area contributed by atoms with E-state index in [2.05, 4.69) is 4.90 Å². The topological polar surface area (TPSA) is 92.9 Å². The van der Waals surface area contributed by atoms with Gasteiger partial charge >= 0.3 is 0 Å². The number of rotatable bonds is 5. The lowest BCUT2D eigenvalue weighted by Crippen LogP contribution is -2.36. The lowest BCUT2D eigenvalue weighted by atomic mass is 10.0. The fraction of sp³-hybridized carbons (Fsp3) is 0.412. The molecule has 2 aromatic rings. The minimum absolute atomic E-state index is 0.179. The second kappa shape index (κ2) is 7.06.